The summed E-state index contributed by atoms with van der Waals surface area (Å²) in [7, 11) is 0. The Balaban J connectivity index is 1.29. The largest absolute Gasteiger partial charge is 0.369 e. The average molecular weight is 411 g/mol. The molecule has 2 aromatic carbocycles. The summed E-state index contributed by atoms with van der Waals surface area (Å²) < 4.78 is 14.4. The zero-order valence-electron chi connectivity index (χ0n) is 15.9. The van der Waals surface area contributed by atoms with Crippen molar-refractivity contribution in [1.29, 1.82) is 0 Å². The minimum atomic E-state index is -0.258. The lowest BCUT2D eigenvalue weighted by Gasteiger charge is -2.44. The molecule has 2 N–H and O–H groups in total. The first-order valence-corrected chi connectivity index (χ1v) is 10.9. The molecule has 5 nitrogen and oxygen atoms in total. The molecule has 3 unspecified atom stereocenters. The first-order valence-electron chi connectivity index (χ1n) is 9.91. The molecular weight excluding hydrogens is 387 g/mol. The maximum Gasteiger partial charge on any atom is 0.237 e. The molecule has 29 heavy (non-hydrogen) atoms. The number of fused-ring (bicyclic) bond motifs is 1. The number of rotatable bonds is 3. The van der Waals surface area contributed by atoms with Crippen molar-refractivity contribution in [1.82, 2.24) is 15.5 Å². The molecule has 7 heteroatoms. The van der Waals surface area contributed by atoms with Crippen LogP contribution in [-0.2, 0) is 4.79 Å². The topological polar surface area (TPSA) is 47.6 Å². The van der Waals surface area contributed by atoms with Gasteiger partial charge in [-0.3, -0.25) is 15.0 Å². The predicted octanol–water partition coefficient (Wildman–Crippen LogP) is 2.48. The molecule has 0 spiro atoms. The predicted molar refractivity (Wildman–Crippen MR) is 115 cm³/mol. The smallest absolute Gasteiger partial charge is 0.237 e. The van der Waals surface area contributed by atoms with E-state index in [-0.39, 0.29) is 29.3 Å². The van der Waals surface area contributed by atoms with E-state index in [1.165, 1.54) is 23.5 Å². The van der Waals surface area contributed by atoms with Crippen molar-refractivity contribution in [3.63, 3.8) is 0 Å². The van der Waals surface area contributed by atoms with E-state index in [0.29, 0.717) is 5.56 Å². The van der Waals surface area contributed by atoms with E-state index in [0.717, 1.165) is 31.8 Å². The number of thioether (sulfide) groups is 1. The third kappa shape index (κ3) is 3.54. The van der Waals surface area contributed by atoms with Crippen molar-refractivity contribution in [2.45, 2.75) is 17.6 Å². The first kappa shape index (κ1) is 18.7. The van der Waals surface area contributed by atoms with Crippen molar-refractivity contribution in [3.05, 3.63) is 71.4 Å². The van der Waals surface area contributed by atoms with Gasteiger partial charge in [0.05, 0.1) is 6.04 Å². The van der Waals surface area contributed by atoms with Crippen LogP contribution in [0.5, 0.6) is 0 Å². The zero-order valence-corrected chi connectivity index (χ0v) is 16.7. The van der Waals surface area contributed by atoms with Gasteiger partial charge in [0.1, 0.15) is 17.4 Å². The molecule has 3 aliphatic heterocycles. The van der Waals surface area contributed by atoms with Gasteiger partial charge in [-0.1, -0.05) is 36.4 Å². The molecule has 3 atom stereocenters. The van der Waals surface area contributed by atoms with Crippen LogP contribution in [-0.4, -0.2) is 54.6 Å². The maximum atomic E-state index is 14.4. The van der Waals surface area contributed by atoms with Crippen LogP contribution >= 0.6 is 11.8 Å². The van der Waals surface area contributed by atoms with Crippen molar-refractivity contribution in [3.8, 4) is 0 Å². The molecule has 0 radical (unpaired) electrons. The molecule has 0 saturated carbocycles. The Kier molecular flexibility index (Phi) is 5.03. The number of nitrogens with zero attached hydrogens (tertiary/aromatic N) is 2. The van der Waals surface area contributed by atoms with Crippen LogP contribution in [0.3, 0.4) is 0 Å². The number of anilines is 1. The highest BCUT2D eigenvalue weighted by molar-refractivity contribution is 8.04. The van der Waals surface area contributed by atoms with Gasteiger partial charge in [0.15, 0.2) is 0 Å². The molecule has 2 aromatic rings. The highest BCUT2D eigenvalue weighted by atomic mass is 32.2. The molecular formula is C22H23FN4OS. The number of hydrogen-bond acceptors (Lipinski definition) is 5. The van der Waals surface area contributed by atoms with E-state index in [4.69, 9.17) is 0 Å². The van der Waals surface area contributed by atoms with Crippen LogP contribution in [0, 0.1) is 5.82 Å². The van der Waals surface area contributed by atoms with E-state index < -0.39 is 0 Å². The number of nitrogens with one attached hydrogen (secondary N) is 2. The van der Waals surface area contributed by atoms with Gasteiger partial charge in [0, 0.05) is 37.4 Å². The fourth-order valence-corrected chi connectivity index (χ4v) is 5.42. The summed E-state index contributed by atoms with van der Waals surface area (Å²) in [6.07, 6.45) is -0.240. The van der Waals surface area contributed by atoms with E-state index in [9.17, 15) is 9.18 Å². The van der Waals surface area contributed by atoms with Gasteiger partial charge in [-0.05, 0) is 29.2 Å². The van der Waals surface area contributed by atoms with E-state index in [2.05, 4.69) is 44.7 Å². The second kappa shape index (κ2) is 7.82. The summed E-state index contributed by atoms with van der Waals surface area (Å²) in [5.74, 6) is -0.238. The lowest BCUT2D eigenvalue weighted by molar-refractivity contribution is -0.125. The molecule has 3 heterocycles. The summed E-state index contributed by atoms with van der Waals surface area (Å²) in [4.78, 5) is 17.4. The molecule has 5 rings (SSSR count). The number of hydrogen-bond donors (Lipinski definition) is 2. The molecule has 2 fully saturated rings. The summed E-state index contributed by atoms with van der Waals surface area (Å²) in [5.41, 5.74) is 2.66. The van der Waals surface area contributed by atoms with Gasteiger partial charge < -0.3 is 10.2 Å². The number of carbonyl (C=O) groups excluding carboxylic acids is 1. The minimum Gasteiger partial charge on any atom is -0.369 e. The highest BCUT2D eigenvalue weighted by Gasteiger charge is 2.44. The van der Waals surface area contributed by atoms with Crippen LogP contribution in [0.4, 0.5) is 10.1 Å². The Morgan fingerprint density at radius 3 is 2.45 bits per heavy atom. The van der Waals surface area contributed by atoms with Crippen molar-refractivity contribution >= 4 is 28.9 Å². The summed E-state index contributed by atoms with van der Waals surface area (Å²) in [6.45, 7) is 3.49. The number of amides is 1. The van der Waals surface area contributed by atoms with E-state index >= 15 is 0 Å². The van der Waals surface area contributed by atoms with E-state index in [1.54, 1.807) is 12.1 Å². The Morgan fingerprint density at radius 1 is 0.966 bits per heavy atom. The first-order chi connectivity index (χ1) is 14.2. The third-order valence-electron chi connectivity index (χ3n) is 5.84. The highest BCUT2D eigenvalue weighted by Crippen LogP contribution is 2.39. The molecule has 150 valence electrons. The third-order valence-corrected chi connectivity index (χ3v) is 7.01. The standard InChI is InChI=1S/C22H23FN4OS/c23-18-9-5-4-8-16(18)17-14-29-20-19(17)24-22(25-21(20)28)27-12-10-26(11-13-27)15-6-2-1-3-7-15/h1-9,14,19-20,22,24H,10-13H2,(H,25,28). The lowest BCUT2D eigenvalue weighted by atomic mass is 9.95. The minimum absolute atomic E-state index is 0.0110. The molecule has 1 amide bonds. The molecule has 0 aromatic heterocycles. The molecule has 3 aliphatic rings. The monoisotopic (exact) mass is 410 g/mol. The number of halogens is 1. The fourth-order valence-electron chi connectivity index (χ4n) is 4.28. The van der Waals surface area contributed by atoms with Crippen molar-refractivity contribution in [2.75, 3.05) is 31.1 Å². The second-order valence-corrected chi connectivity index (χ2v) is 8.54. The number of para-hydroxylation sites is 1. The van der Waals surface area contributed by atoms with Crippen molar-refractivity contribution in [2.24, 2.45) is 0 Å². The van der Waals surface area contributed by atoms with Gasteiger partial charge in [-0.25, -0.2) is 4.39 Å². The van der Waals surface area contributed by atoms with Gasteiger partial charge in [-0.15, -0.1) is 11.8 Å². The van der Waals surface area contributed by atoms with Crippen LogP contribution < -0.4 is 15.5 Å². The van der Waals surface area contributed by atoms with Crippen LogP contribution in [0.15, 0.2) is 60.0 Å². The number of benzene rings is 2. The second-order valence-electron chi connectivity index (χ2n) is 7.52. The lowest BCUT2D eigenvalue weighted by Crippen LogP contribution is -2.69. The maximum absolute atomic E-state index is 14.4. The Hall–Kier alpha value is -2.35. The number of piperazine rings is 1. The van der Waals surface area contributed by atoms with Crippen LogP contribution in [0.2, 0.25) is 0 Å². The summed E-state index contributed by atoms with van der Waals surface area (Å²) >= 11 is 1.46. The van der Waals surface area contributed by atoms with Gasteiger partial charge >= 0.3 is 0 Å². The van der Waals surface area contributed by atoms with Gasteiger partial charge in [0.2, 0.25) is 5.91 Å². The Morgan fingerprint density at radius 2 is 1.69 bits per heavy atom. The quantitative estimate of drug-likeness (QED) is 0.814. The van der Waals surface area contributed by atoms with E-state index in [1.807, 2.05) is 17.5 Å². The van der Waals surface area contributed by atoms with Crippen molar-refractivity contribution < 1.29 is 9.18 Å². The van der Waals surface area contributed by atoms with Crippen LogP contribution in [0.1, 0.15) is 5.56 Å². The Labute approximate surface area is 174 Å². The van der Waals surface area contributed by atoms with Gasteiger partial charge in [-0.2, -0.15) is 0 Å². The van der Waals surface area contributed by atoms with Crippen LogP contribution in [0.25, 0.3) is 5.57 Å². The SMILES string of the molecule is O=C1NC(N2CCN(c3ccccc3)CC2)NC2C(c3ccccc3F)=CSC12. The molecule has 0 aliphatic carbocycles. The molecule has 2 saturated heterocycles. The Bertz CT molecular complexity index is 929. The summed E-state index contributed by atoms with van der Waals surface area (Å²) in [5, 5.41) is 8.34. The fraction of sp³-hybridized carbons (Fsp3) is 0.318. The molecule has 0 bridgehead atoms. The average Bonchev–Trinajstić information content (AvgIpc) is 3.19. The van der Waals surface area contributed by atoms with Gasteiger partial charge in [0.25, 0.3) is 0 Å². The summed E-state index contributed by atoms with van der Waals surface area (Å²) in [6, 6.07) is 17.0. The normalized spacial score (nSPS) is 27.3. The zero-order chi connectivity index (χ0) is 19.8. The number of carbonyl (C=O) groups is 1.